The van der Waals surface area contributed by atoms with Crippen LogP contribution in [0.2, 0.25) is 5.02 Å². The molecule has 5 nitrogen and oxygen atoms in total. The SMILES string of the molecule is CCc1ccc(NC(=O)c2nnc(CNC(CC)(CC)c3ccc(Cl)cc3)s2)cc1. The third-order valence-corrected chi connectivity index (χ3v) is 6.64. The first kappa shape index (κ1) is 22.4. The average molecular weight is 443 g/mol. The molecule has 0 spiro atoms. The fourth-order valence-corrected chi connectivity index (χ4v) is 4.25. The average Bonchev–Trinajstić information content (AvgIpc) is 3.26. The van der Waals surface area contributed by atoms with Crippen molar-refractivity contribution in [3.63, 3.8) is 0 Å². The standard InChI is InChI=1S/C23H27ClN4OS/c1-4-16-7-13-19(14-8-16)26-21(29)22-28-27-20(30-22)15-25-23(5-2,6-3)17-9-11-18(24)12-10-17/h7-14,25H,4-6,15H2,1-3H3,(H,26,29). The summed E-state index contributed by atoms with van der Waals surface area (Å²) in [5, 5.41) is 16.7. The first-order chi connectivity index (χ1) is 14.5. The molecular formula is C23H27ClN4OS. The van der Waals surface area contributed by atoms with Gasteiger partial charge in [-0.15, -0.1) is 10.2 Å². The minimum Gasteiger partial charge on any atom is -0.320 e. The van der Waals surface area contributed by atoms with Gasteiger partial charge in [-0.1, -0.05) is 68.0 Å². The van der Waals surface area contributed by atoms with Gasteiger partial charge in [0.1, 0.15) is 5.01 Å². The van der Waals surface area contributed by atoms with Gasteiger partial charge >= 0.3 is 0 Å². The first-order valence-electron chi connectivity index (χ1n) is 10.2. The quantitative estimate of drug-likeness (QED) is 0.438. The summed E-state index contributed by atoms with van der Waals surface area (Å²) in [6, 6.07) is 15.8. The molecule has 0 atom stereocenters. The zero-order chi connectivity index (χ0) is 21.6. The van der Waals surface area contributed by atoms with E-state index in [4.69, 9.17) is 11.6 Å². The Hall–Kier alpha value is -2.28. The van der Waals surface area contributed by atoms with E-state index in [9.17, 15) is 4.79 Å². The molecule has 0 aliphatic rings. The molecule has 1 aromatic heterocycles. The van der Waals surface area contributed by atoms with E-state index in [2.05, 4.69) is 53.7 Å². The van der Waals surface area contributed by atoms with Crippen molar-refractivity contribution >= 4 is 34.5 Å². The van der Waals surface area contributed by atoms with Gasteiger partial charge in [-0.25, -0.2) is 0 Å². The molecule has 0 aliphatic heterocycles. The van der Waals surface area contributed by atoms with E-state index in [1.165, 1.54) is 22.5 Å². The third kappa shape index (κ3) is 5.25. The highest BCUT2D eigenvalue weighted by molar-refractivity contribution is 7.13. The second kappa shape index (κ2) is 10.2. The lowest BCUT2D eigenvalue weighted by Crippen LogP contribution is -2.40. The number of carbonyl (C=O) groups excluding carboxylic acids is 1. The molecule has 0 saturated carbocycles. The minimum absolute atomic E-state index is 0.181. The number of carbonyl (C=O) groups is 1. The highest BCUT2D eigenvalue weighted by Gasteiger charge is 2.28. The van der Waals surface area contributed by atoms with E-state index >= 15 is 0 Å². The number of amides is 1. The maximum absolute atomic E-state index is 12.5. The zero-order valence-corrected chi connectivity index (χ0v) is 19.1. The Balaban J connectivity index is 1.66. The van der Waals surface area contributed by atoms with Crippen LogP contribution in [0.4, 0.5) is 5.69 Å². The molecule has 158 valence electrons. The van der Waals surface area contributed by atoms with Crippen LogP contribution in [0.5, 0.6) is 0 Å². The Labute approximate surface area is 186 Å². The van der Waals surface area contributed by atoms with Gasteiger partial charge in [-0.2, -0.15) is 0 Å². The molecule has 0 bridgehead atoms. The fourth-order valence-electron chi connectivity index (χ4n) is 3.45. The second-order valence-corrected chi connectivity index (χ2v) is 8.65. The number of nitrogens with one attached hydrogen (secondary N) is 2. The van der Waals surface area contributed by atoms with Gasteiger partial charge in [0.05, 0.1) is 6.54 Å². The number of aryl methyl sites for hydroxylation is 1. The van der Waals surface area contributed by atoms with Gasteiger partial charge in [-0.3, -0.25) is 4.79 Å². The highest BCUT2D eigenvalue weighted by atomic mass is 35.5. The Kier molecular flexibility index (Phi) is 7.58. The number of halogens is 1. The van der Waals surface area contributed by atoms with Crippen molar-refractivity contribution in [1.29, 1.82) is 0 Å². The van der Waals surface area contributed by atoms with Gasteiger partial charge in [0.15, 0.2) is 0 Å². The van der Waals surface area contributed by atoms with Crippen LogP contribution in [0.25, 0.3) is 0 Å². The summed E-state index contributed by atoms with van der Waals surface area (Å²) >= 11 is 7.36. The van der Waals surface area contributed by atoms with E-state index in [1.54, 1.807) is 0 Å². The predicted molar refractivity (Wildman–Crippen MR) is 124 cm³/mol. The highest BCUT2D eigenvalue weighted by Crippen LogP contribution is 2.30. The second-order valence-electron chi connectivity index (χ2n) is 7.16. The summed E-state index contributed by atoms with van der Waals surface area (Å²) in [5.41, 5.74) is 2.99. The van der Waals surface area contributed by atoms with E-state index in [-0.39, 0.29) is 11.4 Å². The smallest absolute Gasteiger partial charge is 0.286 e. The number of hydrogen-bond donors (Lipinski definition) is 2. The van der Waals surface area contributed by atoms with Crippen LogP contribution in [0.1, 0.15) is 59.5 Å². The summed E-state index contributed by atoms with van der Waals surface area (Å²) < 4.78 is 0. The molecule has 0 aliphatic carbocycles. The summed E-state index contributed by atoms with van der Waals surface area (Å²) in [6.07, 6.45) is 2.81. The normalized spacial score (nSPS) is 11.5. The van der Waals surface area contributed by atoms with Gasteiger partial charge in [-0.05, 0) is 54.7 Å². The largest absolute Gasteiger partial charge is 0.320 e. The summed E-state index contributed by atoms with van der Waals surface area (Å²) in [5.74, 6) is -0.238. The molecule has 7 heteroatoms. The molecule has 3 aromatic rings. The molecule has 0 fully saturated rings. The Morgan fingerprint density at radius 3 is 2.27 bits per heavy atom. The molecule has 30 heavy (non-hydrogen) atoms. The van der Waals surface area contributed by atoms with Crippen LogP contribution < -0.4 is 10.6 Å². The fraction of sp³-hybridized carbons (Fsp3) is 0.348. The van der Waals surface area contributed by atoms with E-state index in [1.807, 2.05) is 36.4 Å². The lowest BCUT2D eigenvalue weighted by atomic mass is 9.84. The number of nitrogens with zero attached hydrogens (tertiary/aromatic N) is 2. The maximum Gasteiger partial charge on any atom is 0.286 e. The molecular weight excluding hydrogens is 416 g/mol. The molecule has 2 N–H and O–H groups in total. The molecule has 1 amide bonds. The van der Waals surface area contributed by atoms with Gasteiger partial charge < -0.3 is 10.6 Å². The monoisotopic (exact) mass is 442 g/mol. The van der Waals surface area contributed by atoms with Crippen molar-refractivity contribution < 1.29 is 4.79 Å². The molecule has 0 radical (unpaired) electrons. The van der Waals surface area contributed by atoms with Crippen molar-refractivity contribution in [2.75, 3.05) is 5.32 Å². The Bertz CT molecular complexity index is 966. The van der Waals surface area contributed by atoms with Crippen molar-refractivity contribution in [2.24, 2.45) is 0 Å². The Morgan fingerprint density at radius 2 is 1.67 bits per heavy atom. The van der Waals surface area contributed by atoms with Crippen molar-refractivity contribution in [2.45, 2.75) is 52.1 Å². The number of benzene rings is 2. The number of anilines is 1. The van der Waals surface area contributed by atoms with E-state index in [0.717, 1.165) is 35.0 Å². The summed E-state index contributed by atoms with van der Waals surface area (Å²) in [6.45, 7) is 6.96. The van der Waals surface area contributed by atoms with Crippen LogP contribution in [0.3, 0.4) is 0 Å². The molecule has 1 heterocycles. The lowest BCUT2D eigenvalue weighted by Gasteiger charge is -2.33. The van der Waals surface area contributed by atoms with Crippen LogP contribution >= 0.6 is 22.9 Å². The molecule has 2 aromatic carbocycles. The van der Waals surface area contributed by atoms with Crippen molar-refractivity contribution in [3.8, 4) is 0 Å². The topological polar surface area (TPSA) is 66.9 Å². The van der Waals surface area contributed by atoms with E-state index < -0.39 is 0 Å². The molecule has 3 rings (SSSR count). The van der Waals surface area contributed by atoms with Crippen LogP contribution in [-0.2, 0) is 18.5 Å². The van der Waals surface area contributed by atoms with Crippen LogP contribution in [-0.4, -0.2) is 16.1 Å². The lowest BCUT2D eigenvalue weighted by molar-refractivity contribution is 0.102. The van der Waals surface area contributed by atoms with Crippen LogP contribution in [0, 0.1) is 0 Å². The number of aromatic nitrogens is 2. The van der Waals surface area contributed by atoms with Gasteiger partial charge in [0, 0.05) is 16.2 Å². The predicted octanol–water partition coefficient (Wildman–Crippen LogP) is 5.81. The minimum atomic E-state index is -0.238. The van der Waals surface area contributed by atoms with Gasteiger partial charge in [0.2, 0.25) is 5.01 Å². The van der Waals surface area contributed by atoms with E-state index in [0.29, 0.717) is 11.6 Å². The van der Waals surface area contributed by atoms with Crippen molar-refractivity contribution in [3.05, 3.63) is 74.7 Å². The molecule has 0 unspecified atom stereocenters. The zero-order valence-electron chi connectivity index (χ0n) is 17.5. The van der Waals surface area contributed by atoms with Gasteiger partial charge in [0.25, 0.3) is 5.91 Å². The summed E-state index contributed by atoms with van der Waals surface area (Å²) in [4.78, 5) is 12.5. The summed E-state index contributed by atoms with van der Waals surface area (Å²) in [7, 11) is 0. The number of rotatable bonds is 9. The maximum atomic E-state index is 12.5. The Morgan fingerprint density at radius 1 is 1.00 bits per heavy atom. The first-order valence-corrected chi connectivity index (χ1v) is 11.4. The van der Waals surface area contributed by atoms with Crippen molar-refractivity contribution in [1.82, 2.24) is 15.5 Å². The van der Waals surface area contributed by atoms with Crippen LogP contribution in [0.15, 0.2) is 48.5 Å². The third-order valence-electron chi connectivity index (χ3n) is 5.46. The number of hydrogen-bond acceptors (Lipinski definition) is 5. The molecule has 0 saturated heterocycles.